The normalized spacial score (nSPS) is 21.0. The van der Waals surface area contributed by atoms with Crippen molar-refractivity contribution in [3.05, 3.63) is 34.9 Å². The minimum absolute atomic E-state index is 0.298. The van der Waals surface area contributed by atoms with E-state index in [-0.39, 0.29) is 0 Å². The summed E-state index contributed by atoms with van der Waals surface area (Å²) in [6.45, 7) is 2.18. The van der Waals surface area contributed by atoms with Gasteiger partial charge in [0.05, 0.1) is 0 Å². The first-order chi connectivity index (χ1) is 5.81. The summed E-state index contributed by atoms with van der Waals surface area (Å²) in [7, 11) is 0. The fourth-order valence-corrected chi connectivity index (χ4v) is 1.90. The molecule has 2 N–H and O–H groups in total. The van der Waals surface area contributed by atoms with E-state index >= 15 is 0 Å². The largest absolute Gasteiger partial charge is 0.324 e. The van der Waals surface area contributed by atoms with E-state index in [1.807, 2.05) is 0 Å². The molecule has 0 aromatic heterocycles. The second kappa shape index (κ2) is 2.91. The molecule has 1 heteroatoms. The van der Waals surface area contributed by atoms with Crippen LogP contribution in [0.15, 0.2) is 18.2 Å². The molecule has 0 bridgehead atoms. The Kier molecular flexibility index (Phi) is 1.89. The minimum atomic E-state index is 0.298. The summed E-state index contributed by atoms with van der Waals surface area (Å²) in [6, 6.07) is 7.02. The number of rotatable bonds is 1. The zero-order chi connectivity index (χ0) is 8.55. The molecule has 1 aliphatic carbocycles. The molecule has 1 aromatic rings. The molecule has 2 rings (SSSR count). The molecule has 1 atom stereocenters. The minimum Gasteiger partial charge on any atom is -0.324 e. The van der Waals surface area contributed by atoms with E-state index in [2.05, 4.69) is 25.1 Å². The quantitative estimate of drug-likeness (QED) is 0.671. The van der Waals surface area contributed by atoms with E-state index in [1.165, 1.54) is 23.1 Å². The van der Waals surface area contributed by atoms with Crippen LogP contribution in [0.3, 0.4) is 0 Å². The molecular weight excluding hydrogens is 146 g/mol. The lowest BCUT2D eigenvalue weighted by atomic mass is 10.0. The van der Waals surface area contributed by atoms with Crippen LogP contribution in [0, 0.1) is 0 Å². The zero-order valence-corrected chi connectivity index (χ0v) is 7.51. The first-order valence-corrected chi connectivity index (χ1v) is 4.68. The third-order valence-corrected chi connectivity index (χ3v) is 2.74. The summed E-state index contributed by atoms with van der Waals surface area (Å²) in [5.74, 6) is 0. The van der Waals surface area contributed by atoms with E-state index in [4.69, 9.17) is 5.73 Å². The monoisotopic (exact) mass is 161 g/mol. The van der Waals surface area contributed by atoms with Crippen molar-refractivity contribution in [3.8, 4) is 0 Å². The van der Waals surface area contributed by atoms with Crippen molar-refractivity contribution >= 4 is 0 Å². The smallest absolute Gasteiger partial charge is 0.0300 e. The SMILES string of the molecule is CCc1ccc2c(c1)[C@@H](N)CC2. The van der Waals surface area contributed by atoms with Gasteiger partial charge in [-0.3, -0.25) is 0 Å². The van der Waals surface area contributed by atoms with E-state index in [1.54, 1.807) is 0 Å². The van der Waals surface area contributed by atoms with Gasteiger partial charge in [-0.05, 0) is 36.0 Å². The molecule has 0 unspecified atom stereocenters. The highest BCUT2D eigenvalue weighted by molar-refractivity contribution is 5.37. The molecule has 64 valence electrons. The number of benzene rings is 1. The summed E-state index contributed by atoms with van der Waals surface area (Å²) in [4.78, 5) is 0. The molecule has 0 saturated carbocycles. The molecule has 0 heterocycles. The second-order valence-electron chi connectivity index (χ2n) is 3.53. The Morgan fingerprint density at radius 1 is 1.50 bits per heavy atom. The standard InChI is InChI=1S/C11H15N/c1-2-8-3-4-9-5-6-11(12)10(9)7-8/h3-4,7,11H,2,5-6,12H2,1H3/t11-/m0/s1. The average molecular weight is 161 g/mol. The number of fused-ring (bicyclic) bond motifs is 1. The zero-order valence-electron chi connectivity index (χ0n) is 7.51. The third-order valence-electron chi connectivity index (χ3n) is 2.74. The summed E-state index contributed by atoms with van der Waals surface area (Å²) in [5, 5.41) is 0. The predicted octanol–water partition coefficient (Wildman–Crippen LogP) is 2.20. The van der Waals surface area contributed by atoms with Crippen LogP contribution >= 0.6 is 0 Å². The Morgan fingerprint density at radius 2 is 2.33 bits per heavy atom. The van der Waals surface area contributed by atoms with E-state index in [0.29, 0.717) is 6.04 Å². The van der Waals surface area contributed by atoms with Crippen molar-refractivity contribution < 1.29 is 0 Å². The fraction of sp³-hybridized carbons (Fsp3) is 0.455. The molecule has 0 saturated heterocycles. The molecule has 12 heavy (non-hydrogen) atoms. The first kappa shape index (κ1) is 7.81. The van der Waals surface area contributed by atoms with Gasteiger partial charge in [-0.15, -0.1) is 0 Å². The van der Waals surface area contributed by atoms with Crippen LogP contribution in [-0.2, 0) is 12.8 Å². The molecule has 0 amide bonds. The van der Waals surface area contributed by atoms with Gasteiger partial charge in [-0.25, -0.2) is 0 Å². The highest BCUT2D eigenvalue weighted by atomic mass is 14.6. The Labute approximate surface area is 73.6 Å². The van der Waals surface area contributed by atoms with Crippen molar-refractivity contribution in [2.75, 3.05) is 0 Å². The first-order valence-electron chi connectivity index (χ1n) is 4.68. The van der Waals surface area contributed by atoms with Crippen LogP contribution in [0.2, 0.25) is 0 Å². The van der Waals surface area contributed by atoms with Crippen molar-refractivity contribution in [2.24, 2.45) is 5.73 Å². The molecule has 1 aliphatic rings. The van der Waals surface area contributed by atoms with Gasteiger partial charge in [0.1, 0.15) is 0 Å². The molecule has 0 radical (unpaired) electrons. The lowest BCUT2D eigenvalue weighted by Gasteiger charge is -2.06. The predicted molar refractivity (Wildman–Crippen MR) is 51.1 cm³/mol. The third kappa shape index (κ3) is 1.14. The molecule has 1 aromatic carbocycles. The van der Waals surface area contributed by atoms with Crippen molar-refractivity contribution in [1.29, 1.82) is 0 Å². The Morgan fingerprint density at radius 3 is 3.08 bits per heavy atom. The highest BCUT2D eigenvalue weighted by Gasteiger charge is 2.18. The van der Waals surface area contributed by atoms with Gasteiger partial charge in [0, 0.05) is 6.04 Å². The van der Waals surface area contributed by atoms with Crippen molar-refractivity contribution in [3.63, 3.8) is 0 Å². The molecular formula is C11H15N. The lowest BCUT2D eigenvalue weighted by Crippen LogP contribution is -2.05. The summed E-state index contributed by atoms with van der Waals surface area (Å²) < 4.78 is 0. The van der Waals surface area contributed by atoms with Crippen molar-refractivity contribution in [2.45, 2.75) is 32.2 Å². The van der Waals surface area contributed by atoms with Crippen LogP contribution in [0.4, 0.5) is 0 Å². The second-order valence-corrected chi connectivity index (χ2v) is 3.53. The van der Waals surface area contributed by atoms with Crippen LogP contribution < -0.4 is 5.73 Å². The summed E-state index contributed by atoms with van der Waals surface area (Å²) in [6.07, 6.45) is 3.41. The Hall–Kier alpha value is -0.820. The summed E-state index contributed by atoms with van der Waals surface area (Å²) >= 11 is 0. The maximum absolute atomic E-state index is 5.97. The topological polar surface area (TPSA) is 26.0 Å². The van der Waals surface area contributed by atoms with E-state index < -0.39 is 0 Å². The average Bonchev–Trinajstić information content (AvgIpc) is 2.47. The van der Waals surface area contributed by atoms with Crippen LogP contribution in [0.5, 0.6) is 0 Å². The highest BCUT2D eigenvalue weighted by Crippen LogP contribution is 2.29. The lowest BCUT2D eigenvalue weighted by molar-refractivity contribution is 0.713. The fourth-order valence-electron chi connectivity index (χ4n) is 1.90. The molecule has 0 spiro atoms. The molecule has 0 fully saturated rings. The number of hydrogen-bond acceptors (Lipinski definition) is 1. The van der Waals surface area contributed by atoms with Crippen LogP contribution in [-0.4, -0.2) is 0 Å². The van der Waals surface area contributed by atoms with Gasteiger partial charge in [0.15, 0.2) is 0 Å². The number of aryl methyl sites for hydroxylation is 2. The van der Waals surface area contributed by atoms with Gasteiger partial charge in [-0.2, -0.15) is 0 Å². The van der Waals surface area contributed by atoms with Crippen LogP contribution in [0.25, 0.3) is 0 Å². The van der Waals surface area contributed by atoms with Gasteiger partial charge >= 0.3 is 0 Å². The Bertz CT molecular complexity index is 291. The maximum atomic E-state index is 5.97. The molecule has 1 nitrogen and oxygen atoms in total. The Balaban J connectivity index is 2.43. The van der Waals surface area contributed by atoms with Gasteiger partial charge in [0.2, 0.25) is 0 Å². The van der Waals surface area contributed by atoms with Gasteiger partial charge < -0.3 is 5.73 Å². The number of hydrogen-bond donors (Lipinski definition) is 1. The summed E-state index contributed by atoms with van der Waals surface area (Å²) in [5.41, 5.74) is 10.2. The number of nitrogens with two attached hydrogens (primary N) is 1. The van der Waals surface area contributed by atoms with Gasteiger partial charge in [-0.1, -0.05) is 25.1 Å². The van der Waals surface area contributed by atoms with Crippen LogP contribution in [0.1, 0.15) is 36.1 Å². The van der Waals surface area contributed by atoms with E-state index in [9.17, 15) is 0 Å². The molecule has 0 aliphatic heterocycles. The van der Waals surface area contributed by atoms with E-state index in [0.717, 1.165) is 12.8 Å². The van der Waals surface area contributed by atoms with Gasteiger partial charge in [0.25, 0.3) is 0 Å². The van der Waals surface area contributed by atoms with Crippen molar-refractivity contribution in [1.82, 2.24) is 0 Å². The maximum Gasteiger partial charge on any atom is 0.0300 e.